The second-order valence-electron chi connectivity index (χ2n) is 10.5. The number of methoxy groups -OCH3 is 1. The molecule has 176 valence electrons. The zero-order valence-electron chi connectivity index (χ0n) is 19.8. The Balaban J connectivity index is 1.21. The maximum atomic E-state index is 13.6. The first kappa shape index (κ1) is 22.5. The molecule has 1 aromatic heterocycles. The molecule has 6 heteroatoms. The zero-order chi connectivity index (χ0) is 23.2. The molecule has 1 unspecified atom stereocenters. The van der Waals surface area contributed by atoms with Crippen molar-refractivity contribution in [1.82, 2.24) is 14.9 Å². The zero-order valence-corrected chi connectivity index (χ0v) is 19.8. The number of aromatic amines is 1. The van der Waals surface area contributed by atoms with Gasteiger partial charge in [-0.1, -0.05) is 12.1 Å². The predicted molar refractivity (Wildman–Crippen MR) is 128 cm³/mol. The van der Waals surface area contributed by atoms with Gasteiger partial charge in [0, 0.05) is 20.2 Å². The molecule has 2 aliphatic rings. The average molecular weight is 452 g/mol. The van der Waals surface area contributed by atoms with Crippen LogP contribution in [0.5, 0.6) is 0 Å². The van der Waals surface area contributed by atoms with Crippen LogP contribution in [0.4, 0.5) is 4.39 Å². The molecule has 0 radical (unpaired) electrons. The van der Waals surface area contributed by atoms with Crippen LogP contribution in [0.25, 0.3) is 11.0 Å². The maximum absolute atomic E-state index is 13.6. The Morgan fingerprint density at radius 2 is 2.00 bits per heavy atom. The number of piperidine rings is 1. The number of benzene rings is 2. The second kappa shape index (κ2) is 8.82. The number of likely N-dealkylation sites (tertiary alicyclic amines) is 1. The quantitative estimate of drug-likeness (QED) is 0.589. The summed E-state index contributed by atoms with van der Waals surface area (Å²) < 4.78 is 19.5. The number of ether oxygens (including phenoxy) is 1. The summed E-state index contributed by atoms with van der Waals surface area (Å²) in [4.78, 5) is 10.4. The number of H-pyrrole nitrogens is 1. The number of fused-ring (bicyclic) bond motifs is 2. The smallest absolute Gasteiger partial charge is 0.138 e. The third kappa shape index (κ3) is 4.84. The Morgan fingerprint density at radius 1 is 1.18 bits per heavy atom. The Bertz CT molecular complexity index is 1140. The van der Waals surface area contributed by atoms with Gasteiger partial charge in [0.05, 0.1) is 17.1 Å². The molecule has 1 aliphatic carbocycles. The van der Waals surface area contributed by atoms with Crippen molar-refractivity contribution in [3.8, 4) is 0 Å². The first-order valence-corrected chi connectivity index (χ1v) is 12.0. The highest BCUT2D eigenvalue weighted by Gasteiger charge is 2.32. The van der Waals surface area contributed by atoms with Crippen molar-refractivity contribution < 1.29 is 14.2 Å². The van der Waals surface area contributed by atoms with E-state index in [4.69, 9.17) is 4.74 Å². The summed E-state index contributed by atoms with van der Waals surface area (Å²) in [6, 6.07) is 11.6. The number of imidazole rings is 1. The Labute approximate surface area is 195 Å². The van der Waals surface area contributed by atoms with Gasteiger partial charge < -0.3 is 19.7 Å². The average Bonchev–Trinajstić information content (AvgIpc) is 3.37. The highest BCUT2D eigenvalue weighted by Crippen LogP contribution is 2.31. The van der Waals surface area contributed by atoms with E-state index < -0.39 is 5.60 Å². The molecule has 1 fully saturated rings. The number of aliphatic hydroxyl groups is 1. The van der Waals surface area contributed by atoms with E-state index in [1.165, 1.54) is 16.7 Å². The second-order valence-corrected chi connectivity index (χ2v) is 10.5. The highest BCUT2D eigenvalue weighted by atomic mass is 19.1. The van der Waals surface area contributed by atoms with Crippen LogP contribution in [0.3, 0.4) is 0 Å². The first-order chi connectivity index (χ1) is 15.8. The Morgan fingerprint density at radius 3 is 2.79 bits per heavy atom. The van der Waals surface area contributed by atoms with Crippen LogP contribution in [0.2, 0.25) is 0 Å². The molecular weight excluding hydrogens is 417 g/mol. The van der Waals surface area contributed by atoms with Crippen molar-refractivity contribution in [3.05, 3.63) is 64.7 Å². The summed E-state index contributed by atoms with van der Waals surface area (Å²) in [5.74, 6) is 1.49. The van der Waals surface area contributed by atoms with Crippen molar-refractivity contribution in [2.24, 2.45) is 11.8 Å². The first-order valence-electron chi connectivity index (χ1n) is 12.0. The van der Waals surface area contributed by atoms with Crippen molar-refractivity contribution in [2.75, 3.05) is 26.7 Å². The SMILES string of the molecule is CO[C@H]1CN(CC2Cc3ccc(F)cc3C2)CC[C@H]1Cc1ccc2[nH]c(C(C)(C)O)nc2c1. The summed E-state index contributed by atoms with van der Waals surface area (Å²) in [5, 5.41) is 10.2. The lowest BCUT2D eigenvalue weighted by atomic mass is 9.87. The monoisotopic (exact) mass is 451 g/mol. The van der Waals surface area contributed by atoms with Gasteiger partial charge in [-0.25, -0.2) is 9.37 Å². The molecule has 2 heterocycles. The van der Waals surface area contributed by atoms with Crippen molar-refractivity contribution in [1.29, 1.82) is 0 Å². The third-order valence-electron chi connectivity index (χ3n) is 7.41. The summed E-state index contributed by atoms with van der Waals surface area (Å²) in [6.45, 7) is 6.53. The van der Waals surface area contributed by atoms with Gasteiger partial charge in [-0.3, -0.25) is 0 Å². The number of rotatable bonds is 6. The van der Waals surface area contributed by atoms with Gasteiger partial charge in [0.25, 0.3) is 0 Å². The molecule has 0 bridgehead atoms. The Kier molecular flexibility index (Phi) is 6.02. The normalized spacial score (nSPS) is 23.8. The van der Waals surface area contributed by atoms with E-state index in [1.54, 1.807) is 26.0 Å². The van der Waals surface area contributed by atoms with E-state index in [-0.39, 0.29) is 11.9 Å². The topological polar surface area (TPSA) is 61.4 Å². The fourth-order valence-corrected chi connectivity index (χ4v) is 5.64. The fraction of sp³-hybridized carbons (Fsp3) is 0.519. The lowest BCUT2D eigenvalue weighted by Crippen LogP contribution is -2.47. The molecule has 0 saturated carbocycles. The minimum absolute atomic E-state index is 0.126. The van der Waals surface area contributed by atoms with Crippen LogP contribution < -0.4 is 0 Å². The molecule has 0 spiro atoms. The fourth-order valence-electron chi connectivity index (χ4n) is 5.64. The lowest BCUT2D eigenvalue weighted by molar-refractivity contribution is -0.0148. The summed E-state index contributed by atoms with van der Waals surface area (Å²) in [5.41, 5.74) is 4.60. The van der Waals surface area contributed by atoms with E-state index in [2.05, 4.69) is 33.1 Å². The van der Waals surface area contributed by atoms with E-state index >= 15 is 0 Å². The van der Waals surface area contributed by atoms with Gasteiger partial charge >= 0.3 is 0 Å². The van der Waals surface area contributed by atoms with Crippen LogP contribution in [-0.4, -0.2) is 52.8 Å². The minimum atomic E-state index is -0.984. The van der Waals surface area contributed by atoms with Crippen molar-refractivity contribution in [3.63, 3.8) is 0 Å². The van der Waals surface area contributed by atoms with Crippen molar-refractivity contribution in [2.45, 2.75) is 51.2 Å². The Hall–Kier alpha value is -2.28. The molecule has 2 aromatic carbocycles. The number of hydrogen-bond acceptors (Lipinski definition) is 4. The van der Waals surface area contributed by atoms with Gasteiger partial charge in [-0.05, 0) is 98.9 Å². The largest absolute Gasteiger partial charge is 0.383 e. The summed E-state index contributed by atoms with van der Waals surface area (Å²) in [7, 11) is 1.82. The maximum Gasteiger partial charge on any atom is 0.138 e. The molecule has 3 atom stereocenters. The van der Waals surface area contributed by atoms with Crippen LogP contribution in [0, 0.1) is 17.7 Å². The van der Waals surface area contributed by atoms with Crippen molar-refractivity contribution >= 4 is 11.0 Å². The van der Waals surface area contributed by atoms with Gasteiger partial charge in [-0.15, -0.1) is 0 Å². The van der Waals surface area contributed by atoms with Gasteiger partial charge in [0.1, 0.15) is 17.2 Å². The number of halogens is 1. The molecule has 1 saturated heterocycles. The van der Waals surface area contributed by atoms with Gasteiger partial charge in [-0.2, -0.15) is 0 Å². The van der Waals surface area contributed by atoms with Crippen LogP contribution in [0.15, 0.2) is 36.4 Å². The van der Waals surface area contributed by atoms with Gasteiger partial charge in [0.15, 0.2) is 0 Å². The van der Waals surface area contributed by atoms with Gasteiger partial charge in [0.2, 0.25) is 0 Å². The predicted octanol–water partition coefficient (Wildman–Crippen LogP) is 4.22. The third-order valence-corrected chi connectivity index (χ3v) is 7.41. The number of nitrogens with zero attached hydrogens (tertiary/aromatic N) is 2. The highest BCUT2D eigenvalue weighted by molar-refractivity contribution is 5.76. The number of aromatic nitrogens is 2. The molecule has 33 heavy (non-hydrogen) atoms. The van der Waals surface area contributed by atoms with Crippen LogP contribution in [0.1, 0.15) is 42.8 Å². The summed E-state index contributed by atoms with van der Waals surface area (Å²) >= 11 is 0. The van der Waals surface area contributed by atoms with E-state index in [9.17, 15) is 9.50 Å². The minimum Gasteiger partial charge on any atom is -0.383 e. The molecule has 5 rings (SSSR count). The molecule has 5 nitrogen and oxygen atoms in total. The lowest BCUT2D eigenvalue weighted by Gasteiger charge is -2.39. The molecular formula is C27H34FN3O2. The molecule has 0 amide bonds. The number of nitrogens with one attached hydrogen (secondary N) is 1. The molecule has 3 aromatic rings. The molecule has 1 aliphatic heterocycles. The van der Waals surface area contributed by atoms with E-state index in [0.717, 1.165) is 56.4 Å². The molecule has 2 N–H and O–H groups in total. The number of hydrogen-bond donors (Lipinski definition) is 2. The van der Waals surface area contributed by atoms with Crippen LogP contribution in [-0.2, 0) is 29.6 Å². The van der Waals surface area contributed by atoms with E-state index in [1.807, 2.05) is 13.2 Å². The van der Waals surface area contributed by atoms with E-state index in [0.29, 0.717) is 17.7 Å². The van der Waals surface area contributed by atoms with Crippen LogP contribution >= 0.6 is 0 Å². The summed E-state index contributed by atoms with van der Waals surface area (Å²) in [6.07, 6.45) is 4.27. The standard InChI is InChI=1S/C27H34FN3O2/c1-27(2,32)26-29-23-7-4-17(13-24(23)30-26)10-20-8-9-31(16-25(20)33-3)15-18-11-19-5-6-22(28)14-21(19)12-18/h4-7,13-14,18,20,25,32H,8-12,15-16H2,1-3H3,(H,29,30)/t18?,20-,25-/m0/s1.